The Kier molecular flexibility index (Phi) is 3.70. The summed E-state index contributed by atoms with van der Waals surface area (Å²) in [7, 11) is 0. The number of aromatic nitrogens is 5. The molecule has 2 aromatic heterocycles. The molecule has 6 nitrogen and oxygen atoms in total. The SMILES string of the molecule is O=Cc1cn(Cc2ccc(Br)cc2)c2ccc(-c3nn[nH]n3)cc12. The largest absolute Gasteiger partial charge is 0.342 e. The summed E-state index contributed by atoms with van der Waals surface area (Å²) in [4.78, 5) is 11.5. The Balaban J connectivity index is 1.79. The molecule has 2 aromatic carbocycles. The maximum Gasteiger partial charge on any atom is 0.204 e. The monoisotopic (exact) mass is 381 g/mol. The molecule has 0 spiro atoms. The maximum atomic E-state index is 11.5. The smallest absolute Gasteiger partial charge is 0.204 e. The van der Waals surface area contributed by atoms with Gasteiger partial charge in [0.15, 0.2) is 6.29 Å². The van der Waals surface area contributed by atoms with Crippen LogP contribution in [0.25, 0.3) is 22.3 Å². The summed E-state index contributed by atoms with van der Waals surface area (Å²) in [5, 5.41) is 14.9. The summed E-state index contributed by atoms with van der Waals surface area (Å²) in [5.41, 5.74) is 3.62. The van der Waals surface area contributed by atoms with E-state index in [1.807, 2.05) is 36.5 Å². The van der Waals surface area contributed by atoms with Gasteiger partial charge in [0.05, 0.1) is 0 Å². The van der Waals surface area contributed by atoms with Crippen LogP contribution in [-0.2, 0) is 6.54 Å². The Morgan fingerprint density at radius 3 is 2.71 bits per heavy atom. The number of nitrogens with one attached hydrogen (secondary N) is 1. The minimum Gasteiger partial charge on any atom is -0.342 e. The predicted molar refractivity (Wildman–Crippen MR) is 93.7 cm³/mol. The fourth-order valence-corrected chi connectivity index (χ4v) is 3.02. The Morgan fingerprint density at radius 2 is 2.00 bits per heavy atom. The summed E-state index contributed by atoms with van der Waals surface area (Å²) in [5.74, 6) is 0.509. The zero-order valence-corrected chi connectivity index (χ0v) is 14.1. The van der Waals surface area contributed by atoms with Crippen LogP contribution in [0, 0.1) is 0 Å². The second-order valence-electron chi connectivity index (χ2n) is 5.42. The Hall–Kier alpha value is -2.80. The van der Waals surface area contributed by atoms with E-state index in [0.29, 0.717) is 17.9 Å². The number of fused-ring (bicyclic) bond motifs is 1. The lowest BCUT2D eigenvalue weighted by Crippen LogP contribution is -1.97. The van der Waals surface area contributed by atoms with Crippen molar-refractivity contribution in [1.29, 1.82) is 0 Å². The first kappa shape index (κ1) is 14.8. The van der Waals surface area contributed by atoms with E-state index in [1.54, 1.807) is 0 Å². The second kappa shape index (κ2) is 6.01. The third-order valence-corrected chi connectivity index (χ3v) is 4.44. The number of rotatable bonds is 4. The highest BCUT2D eigenvalue weighted by molar-refractivity contribution is 9.10. The Bertz CT molecular complexity index is 1010. The molecule has 24 heavy (non-hydrogen) atoms. The van der Waals surface area contributed by atoms with E-state index in [0.717, 1.165) is 32.8 Å². The Labute approximate surface area is 145 Å². The van der Waals surface area contributed by atoms with Crippen LogP contribution in [0.15, 0.2) is 53.1 Å². The molecular weight excluding hydrogens is 370 g/mol. The molecule has 0 fully saturated rings. The molecule has 0 atom stereocenters. The van der Waals surface area contributed by atoms with Gasteiger partial charge in [-0.3, -0.25) is 4.79 Å². The highest BCUT2D eigenvalue weighted by Crippen LogP contribution is 2.26. The molecule has 1 N–H and O–H groups in total. The minimum atomic E-state index is 0.509. The molecule has 7 heteroatoms. The lowest BCUT2D eigenvalue weighted by molar-refractivity contribution is 0.112. The van der Waals surface area contributed by atoms with Gasteiger partial charge in [0.1, 0.15) is 0 Å². The van der Waals surface area contributed by atoms with Crippen molar-refractivity contribution in [1.82, 2.24) is 25.2 Å². The van der Waals surface area contributed by atoms with Crippen molar-refractivity contribution in [3.63, 3.8) is 0 Å². The van der Waals surface area contributed by atoms with E-state index in [-0.39, 0.29) is 0 Å². The van der Waals surface area contributed by atoms with Crippen molar-refractivity contribution in [3.8, 4) is 11.4 Å². The van der Waals surface area contributed by atoms with E-state index in [1.165, 1.54) is 0 Å². The number of carbonyl (C=O) groups excluding carboxylic acids is 1. The van der Waals surface area contributed by atoms with Crippen LogP contribution in [0.5, 0.6) is 0 Å². The molecule has 4 aromatic rings. The van der Waals surface area contributed by atoms with Gasteiger partial charge < -0.3 is 4.57 Å². The minimum absolute atomic E-state index is 0.509. The van der Waals surface area contributed by atoms with Gasteiger partial charge in [-0.15, -0.1) is 10.2 Å². The number of hydrogen-bond acceptors (Lipinski definition) is 4. The number of aromatic amines is 1. The van der Waals surface area contributed by atoms with Crippen LogP contribution in [0.4, 0.5) is 0 Å². The van der Waals surface area contributed by atoms with Gasteiger partial charge in [-0.25, -0.2) is 0 Å². The van der Waals surface area contributed by atoms with Crippen molar-refractivity contribution >= 4 is 33.1 Å². The van der Waals surface area contributed by atoms with E-state index >= 15 is 0 Å². The van der Waals surface area contributed by atoms with E-state index in [2.05, 4.69) is 53.3 Å². The quantitative estimate of drug-likeness (QED) is 0.549. The molecule has 2 heterocycles. The summed E-state index contributed by atoms with van der Waals surface area (Å²) in [6.45, 7) is 0.694. The normalized spacial score (nSPS) is 11.0. The van der Waals surface area contributed by atoms with Gasteiger partial charge in [-0.1, -0.05) is 28.1 Å². The van der Waals surface area contributed by atoms with E-state index < -0.39 is 0 Å². The molecule has 0 aliphatic rings. The summed E-state index contributed by atoms with van der Waals surface area (Å²) < 4.78 is 3.12. The number of carbonyl (C=O) groups is 1. The topological polar surface area (TPSA) is 76.5 Å². The third-order valence-electron chi connectivity index (χ3n) is 3.91. The van der Waals surface area contributed by atoms with Crippen molar-refractivity contribution < 1.29 is 4.79 Å². The van der Waals surface area contributed by atoms with Crippen LogP contribution in [0.2, 0.25) is 0 Å². The average Bonchev–Trinajstić information content (AvgIpc) is 3.25. The number of nitrogens with zero attached hydrogens (tertiary/aromatic N) is 4. The molecule has 118 valence electrons. The van der Waals surface area contributed by atoms with Crippen LogP contribution >= 0.6 is 15.9 Å². The highest BCUT2D eigenvalue weighted by atomic mass is 79.9. The maximum absolute atomic E-state index is 11.5. The number of H-pyrrole nitrogens is 1. The molecule has 0 aliphatic heterocycles. The number of tetrazole rings is 1. The van der Waals surface area contributed by atoms with Crippen molar-refractivity contribution in [3.05, 3.63) is 64.3 Å². The zero-order valence-electron chi connectivity index (χ0n) is 12.5. The van der Waals surface area contributed by atoms with Gasteiger partial charge in [-0.2, -0.15) is 5.21 Å². The van der Waals surface area contributed by atoms with Crippen molar-refractivity contribution in [2.75, 3.05) is 0 Å². The average molecular weight is 382 g/mol. The molecule has 0 aliphatic carbocycles. The summed E-state index contributed by atoms with van der Waals surface area (Å²) in [6.07, 6.45) is 2.75. The zero-order chi connectivity index (χ0) is 16.5. The van der Waals surface area contributed by atoms with Gasteiger partial charge in [0.25, 0.3) is 0 Å². The summed E-state index contributed by atoms with van der Waals surface area (Å²) >= 11 is 3.44. The number of aldehydes is 1. The molecule has 0 bridgehead atoms. The molecule has 0 amide bonds. The lowest BCUT2D eigenvalue weighted by atomic mass is 10.1. The van der Waals surface area contributed by atoms with E-state index in [4.69, 9.17) is 0 Å². The van der Waals surface area contributed by atoms with Crippen molar-refractivity contribution in [2.24, 2.45) is 0 Å². The molecule has 0 unspecified atom stereocenters. The first-order chi connectivity index (χ1) is 11.7. The third kappa shape index (κ3) is 2.63. The van der Waals surface area contributed by atoms with Crippen LogP contribution in [-0.4, -0.2) is 31.5 Å². The van der Waals surface area contributed by atoms with E-state index in [9.17, 15) is 4.79 Å². The Morgan fingerprint density at radius 1 is 1.17 bits per heavy atom. The summed E-state index contributed by atoms with van der Waals surface area (Å²) in [6, 6.07) is 14.0. The fraction of sp³-hybridized carbons (Fsp3) is 0.0588. The van der Waals surface area contributed by atoms with Crippen LogP contribution in [0.1, 0.15) is 15.9 Å². The van der Waals surface area contributed by atoms with Gasteiger partial charge in [-0.05, 0) is 41.1 Å². The van der Waals surface area contributed by atoms with Crippen LogP contribution < -0.4 is 0 Å². The second-order valence-corrected chi connectivity index (χ2v) is 6.34. The standard InChI is InChI=1S/C17H12BrN5O/c18-14-4-1-11(2-5-14)8-23-9-13(10-24)15-7-12(3-6-16(15)23)17-19-21-22-20-17/h1-7,9-10H,8H2,(H,19,20,21,22). The van der Waals surface area contributed by atoms with Gasteiger partial charge in [0.2, 0.25) is 5.82 Å². The van der Waals surface area contributed by atoms with Gasteiger partial charge >= 0.3 is 0 Å². The molecular formula is C17H12BrN5O. The molecule has 0 saturated carbocycles. The molecule has 0 saturated heterocycles. The fourth-order valence-electron chi connectivity index (χ4n) is 2.76. The highest BCUT2D eigenvalue weighted by Gasteiger charge is 2.11. The van der Waals surface area contributed by atoms with Gasteiger partial charge in [0, 0.05) is 39.2 Å². The molecule has 4 rings (SSSR count). The number of hydrogen-bond donors (Lipinski definition) is 1. The first-order valence-electron chi connectivity index (χ1n) is 7.31. The number of halogens is 1. The molecule has 0 radical (unpaired) electrons. The lowest BCUT2D eigenvalue weighted by Gasteiger charge is -2.06. The van der Waals surface area contributed by atoms with Crippen LogP contribution in [0.3, 0.4) is 0 Å². The number of benzene rings is 2. The first-order valence-corrected chi connectivity index (χ1v) is 8.10. The van der Waals surface area contributed by atoms with Crippen molar-refractivity contribution in [2.45, 2.75) is 6.54 Å². The predicted octanol–water partition coefficient (Wildman–Crippen LogP) is 3.44.